The van der Waals surface area contributed by atoms with Gasteiger partial charge in [0.15, 0.2) is 17.5 Å². The van der Waals surface area contributed by atoms with Gasteiger partial charge in [0.25, 0.3) is 0 Å². The monoisotopic (exact) mass is 257 g/mol. The molecule has 0 spiro atoms. The van der Waals surface area contributed by atoms with E-state index in [0.717, 1.165) is 6.07 Å². The lowest BCUT2D eigenvalue weighted by atomic mass is 10.0. The van der Waals surface area contributed by atoms with Crippen LogP contribution in [0.25, 0.3) is 11.1 Å². The number of nitrogens with two attached hydrogens (primary N) is 1. The maximum absolute atomic E-state index is 13.6. The van der Waals surface area contributed by atoms with Crippen molar-refractivity contribution in [2.75, 3.05) is 5.73 Å². The summed E-state index contributed by atoms with van der Waals surface area (Å²) in [5, 5.41) is -0.484. The number of nitrogen functional groups attached to an aromatic ring is 1. The minimum Gasteiger partial charge on any atom is -0.398 e. The van der Waals surface area contributed by atoms with Crippen molar-refractivity contribution in [2.24, 2.45) is 0 Å². The molecular formula is C12H7ClF3N. The van der Waals surface area contributed by atoms with Crippen molar-refractivity contribution in [3.8, 4) is 11.1 Å². The second-order valence-electron chi connectivity index (χ2n) is 3.44. The number of halogens is 4. The Labute approximate surface area is 101 Å². The second-order valence-corrected chi connectivity index (χ2v) is 3.84. The Kier molecular flexibility index (Phi) is 2.98. The molecule has 1 nitrogen and oxygen atoms in total. The summed E-state index contributed by atoms with van der Waals surface area (Å²) in [5.74, 6) is -4.30. The lowest BCUT2D eigenvalue weighted by Gasteiger charge is -2.08. The van der Waals surface area contributed by atoms with Crippen LogP contribution in [0.15, 0.2) is 30.3 Å². The Morgan fingerprint density at radius 3 is 2.18 bits per heavy atom. The van der Waals surface area contributed by atoms with E-state index in [1.807, 2.05) is 0 Å². The van der Waals surface area contributed by atoms with E-state index >= 15 is 0 Å². The third-order valence-corrected chi connectivity index (χ3v) is 2.63. The molecule has 0 heterocycles. The van der Waals surface area contributed by atoms with Gasteiger partial charge >= 0.3 is 0 Å². The van der Waals surface area contributed by atoms with Crippen molar-refractivity contribution in [3.63, 3.8) is 0 Å². The molecule has 2 aromatic rings. The van der Waals surface area contributed by atoms with Gasteiger partial charge in [-0.05, 0) is 12.1 Å². The van der Waals surface area contributed by atoms with Crippen molar-refractivity contribution >= 4 is 17.3 Å². The average Bonchev–Trinajstić information content (AvgIpc) is 2.32. The summed E-state index contributed by atoms with van der Waals surface area (Å²) in [6, 6.07) is 7.31. The molecule has 88 valence electrons. The zero-order valence-corrected chi connectivity index (χ0v) is 9.23. The van der Waals surface area contributed by atoms with E-state index < -0.39 is 22.5 Å². The first-order valence-corrected chi connectivity index (χ1v) is 5.08. The summed E-state index contributed by atoms with van der Waals surface area (Å²) in [5.41, 5.74) is 6.00. The minimum atomic E-state index is -1.60. The molecule has 0 amide bonds. The minimum absolute atomic E-state index is 0.160. The number of hydrogen-bond acceptors (Lipinski definition) is 1. The van der Waals surface area contributed by atoms with E-state index in [4.69, 9.17) is 17.3 Å². The zero-order valence-electron chi connectivity index (χ0n) is 8.48. The van der Waals surface area contributed by atoms with E-state index in [1.54, 1.807) is 12.1 Å². The topological polar surface area (TPSA) is 26.0 Å². The van der Waals surface area contributed by atoms with Crippen molar-refractivity contribution in [1.29, 1.82) is 0 Å². The smallest absolute Gasteiger partial charge is 0.196 e. The van der Waals surface area contributed by atoms with Gasteiger partial charge in [0, 0.05) is 16.8 Å². The van der Waals surface area contributed by atoms with Crippen LogP contribution in [-0.4, -0.2) is 0 Å². The van der Waals surface area contributed by atoms with Crippen LogP contribution in [0.2, 0.25) is 5.02 Å². The molecule has 0 radical (unpaired) electrons. The van der Waals surface area contributed by atoms with E-state index in [1.165, 1.54) is 12.1 Å². The zero-order chi connectivity index (χ0) is 12.6. The number of benzene rings is 2. The van der Waals surface area contributed by atoms with Crippen LogP contribution >= 0.6 is 11.6 Å². The highest BCUT2D eigenvalue weighted by Crippen LogP contribution is 2.33. The first-order valence-electron chi connectivity index (χ1n) is 4.70. The number of anilines is 1. The van der Waals surface area contributed by atoms with Crippen LogP contribution < -0.4 is 5.73 Å². The van der Waals surface area contributed by atoms with Crippen LogP contribution in [0.4, 0.5) is 18.9 Å². The SMILES string of the molecule is Nc1ccccc1-c1cc(Cl)c(F)c(F)c1F. The molecule has 5 heteroatoms. The third-order valence-electron chi connectivity index (χ3n) is 2.35. The van der Waals surface area contributed by atoms with Gasteiger partial charge in [-0.1, -0.05) is 29.8 Å². The molecule has 0 aliphatic carbocycles. The maximum Gasteiger partial charge on any atom is 0.196 e. The van der Waals surface area contributed by atoms with Crippen LogP contribution in [0.1, 0.15) is 0 Å². The second kappa shape index (κ2) is 4.30. The first kappa shape index (κ1) is 11.8. The van der Waals surface area contributed by atoms with Crippen molar-refractivity contribution in [2.45, 2.75) is 0 Å². The van der Waals surface area contributed by atoms with Gasteiger partial charge in [0.1, 0.15) is 0 Å². The molecule has 0 aliphatic rings. The summed E-state index contributed by atoms with van der Waals surface area (Å²) in [4.78, 5) is 0. The molecule has 0 unspecified atom stereocenters. The highest BCUT2D eigenvalue weighted by molar-refractivity contribution is 6.31. The Balaban J connectivity index is 2.73. The third kappa shape index (κ3) is 1.96. The quantitative estimate of drug-likeness (QED) is 0.466. The summed E-state index contributed by atoms with van der Waals surface area (Å²) in [6.45, 7) is 0. The molecule has 2 rings (SSSR count). The van der Waals surface area contributed by atoms with Gasteiger partial charge < -0.3 is 5.73 Å². The molecule has 0 atom stereocenters. The molecule has 2 N–H and O–H groups in total. The lowest BCUT2D eigenvalue weighted by molar-refractivity contribution is 0.449. The van der Waals surface area contributed by atoms with Crippen LogP contribution in [-0.2, 0) is 0 Å². The van der Waals surface area contributed by atoms with Crippen LogP contribution in [0, 0.1) is 17.5 Å². The van der Waals surface area contributed by atoms with Gasteiger partial charge in [-0.2, -0.15) is 0 Å². The highest BCUT2D eigenvalue weighted by atomic mass is 35.5. The average molecular weight is 258 g/mol. The van der Waals surface area contributed by atoms with Crippen molar-refractivity contribution in [3.05, 3.63) is 52.8 Å². The standard InChI is InChI=1S/C12H7ClF3N/c13-8-5-7(10(14)12(16)11(8)15)6-3-1-2-4-9(6)17/h1-5H,17H2. The lowest BCUT2D eigenvalue weighted by Crippen LogP contribution is -1.98. The predicted molar refractivity (Wildman–Crippen MR) is 61.2 cm³/mol. The fraction of sp³-hybridized carbons (Fsp3) is 0. The number of hydrogen-bond donors (Lipinski definition) is 1. The normalized spacial score (nSPS) is 10.6. The van der Waals surface area contributed by atoms with Crippen LogP contribution in [0.5, 0.6) is 0 Å². The fourth-order valence-corrected chi connectivity index (χ4v) is 1.70. The summed E-state index contributed by atoms with van der Waals surface area (Å²) < 4.78 is 39.8. The molecule has 2 aromatic carbocycles. The van der Waals surface area contributed by atoms with Crippen LogP contribution in [0.3, 0.4) is 0 Å². The first-order chi connectivity index (χ1) is 8.02. The van der Waals surface area contributed by atoms with Gasteiger partial charge in [-0.15, -0.1) is 0 Å². The van der Waals surface area contributed by atoms with Crippen molar-refractivity contribution in [1.82, 2.24) is 0 Å². The molecule has 0 bridgehead atoms. The molecule has 0 fully saturated rings. The Morgan fingerprint density at radius 2 is 1.53 bits per heavy atom. The van der Waals surface area contributed by atoms with E-state index in [9.17, 15) is 13.2 Å². The predicted octanol–water partition coefficient (Wildman–Crippen LogP) is 4.01. The summed E-state index contributed by atoms with van der Waals surface area (Å²) >= 11 is 5.47. The summed E-state index contributed by atoms with van der Waals surface area (Å²) in [6.07, 6.45) is 0. The highest BCUT2D eigenvalue weighted by Gasteiger charge is 2.19. The molecule has 17 heavy (non-hydrogen) atoms. The fourth-order valence-electron chi connectivity index (χ4n) is 1.51. The molecule has 0 saturated carbocycles. The maximum atomic E-state index is 13.6. The summed E-state index contributed by atoms with van der Waals surface area (Å²) in [7, 11) is 0. The van der Waals surface area contributed by atoms with Gasteiger partial charge in [0.05, 0.1) is 5.02 Å². The number of rotatable bonds is 1. The van der Waals surface area contributed by atoms with E-state index in [0.29, 0.717) is 0 Å². The van der Waals surface area contributed by atoms with E-state index in [-0.39, 0.29) is 16.8 Å². The van der Waals surface area contributed by atoms with Gasteiger partial charge in [-0.25, -0.2) is 13.2 Å². The van der Waals surface area contributed by atoms with Gasteiger partial charge in [-0.3, -0.25) is 0 Å². The Hall–Kier alpha value is -1.68. The van der Waals surface area contributed by atoms with Crippen molar-refractivity contribution < 1.29 is 13.2 Å². The molecular weight excluding hydrogens is 251 g/mol. The largest absolute Gasteiger partial charge is 0.398 e. The number of para-hydroxylation sites is 1. The molecule has 0 aliphatic heterocycles. The Morgan fingerprint density at radius 1 is 0.882 bits per heavy atom. The van der Waals surface area contributed by atoms with E-state index in [2.05, 4.69) is 0 Å². The van der Waals surface area contributed by atoms with Gasteiger partial charge in [0.2, 0.25) is 0 Å². The molecule has 0 aromatic heterocycles. The molecule has 0 saturated heterocycles. The Bertz CT molecular complexity index is 584.